The van der Waals surface area contributed by atoms with Gasteiger partial charge in [-0.25, -0.2) is 0 Å². The summed E-state index contributed by atoms with van der Waals surface area (Å²) in [5.74, 6) is 1.29. The fourth-order valence-corrected chi connectivity index (χ4v) is 2.90. The molecule has 22 heavy (non-hydrogen) atoms. The standard InChI is InChI=1S/C17H22N2O3/c1-22-15-4-2-3-14(11-15)18-16(20)12-7-9-19(10-8-12)17(21)13-5-6-13/h2-4,11-13H,5-10H2,1H3,(H,18,20). The third kappa shape index (κ3) is 3.40. The van der Waals surface area contributed by atoms with Crippen molar-refractivity contribution < 1.29 is 14.3 Å². The van der Waals surface area contributed by atoms with Crippen LogP contribution in [-0.4, -0.2) is 36.9 Å². The average molecular weight is 302 g/mol. The molecule has 2 aliphatic rings. The highest BCUT2D eigenvalue weighted by molar-refractivity contribution is 5.93. The quantitative estimate of drug-likeness (QED) is 0.928. The van der Waals surface area contributed by atoms with Gasteiger partial charge in [0.15, 0.2) is 0 Å². The normalized spacial score (nSPS) is 18.9. The van der Waals surface area contributed by atoms with Gasteiger partial charge in [0, 0.05) is 36.7 Å². The minimum Gasteiger partial charge on any atom is -0.497 e. The van der Waals surface area contributed by atoms with Crippen LogP contribution in [0.1, 0.15) is 25.7 Å². The van der Waals surface area contributed by atoms with Gasteiger partial charge in [0.1, 0.15) is 5.75 Å². The molecule has 1 saturated carbocycles. The van der Waals surface area contributed by atoms with Crippen molar-refractivity contribution in [2.24, 2.45) is 11.8 Å². The van der Waals surface area contributed by atoms with Crippen LogP contribution in [0.4, 0.5) is 5.69 Å². The molecule has 1 aromatic rings. The topological polar surface area (TPSA) is 58.6 Å². The molecule has 2 fully saturated rings. The average Bonchev–Trinajstić information content (AvgIpc) is 3.39. The zero-order valence-electron chi connectivity index (χ0n) is 12.9. The van der Waals surface area contributed by atoms with E-state index in [9.17, 15) is 9.59 Å². The van der Waals surface area contributed by atoms with E-state index in [4.69, 9.17) is 4.74 Å². The number of anilines is 1. The summed E-state index contributed by atoms with van der Waals surface area (Å²) in [6.07, 6.45) is 3.56. The lowest BCUT2D eigenvalue weighted by Crippen LogP contribution is -2.42. The van der Waals surface area contributed by atoms with Crippen molar-refractivity contribution >= 4 is 17.5 Å². The molecule has 0 unspecified atom stereocenters. The van der Waals surface area contributed by atoms with E-state index in [1.165, 1.54) is 0 Å². The Bertz CT molecular complexity index is 561. The number of nitrogens with one attached hydrogen (secondary N) is 1. The molecule has 0 spiro atoms. The van der Waals surface area contributed by atoms with Crippen molar-refractivity contribution in [2.75, 3.05) is 25.5 Å². The third-order valence-corrected chi connectivity index (χ3v) is 4.44. The number of ether oxygens (including phenoxy) is 1. The third-order valence-electron chi connectivity index (χ3n) is 4.44. The van der Waals surface area contributed by atoms with Gasteiger partial charge in [-0.2, -0.15) is 0 Å². The predicted molar refractivity (Wildman–Crippen MR) is 83.7 cm³/mol. The molecule has 5 nitrogen and oxygen atoms in total. The molecule has 2 amide bonds. The van der Waals surface area contributed by atoms with Crippen LogP contribution in [0.25, 0.3) is 0 Å². The van der Waals surface area contributed by atoms with Gasteiger partial charge in [0.2, 0.25) is 11.8 Å². The van der Waals surface area contributed by atoms with Crippen LogP contribution in [0.5, 0.6) is 5.75 Å². The molecule has 1 aromatic carbocycles. The van der Waals surface area contributed by atoms with Gasteiger partial charge >= 0.3 is 0 Å². The van der Waals surface area contributed by atoms with E-state index < -0.39 is 0 Å². The van der Waals surface area contributed by atoms with Crippen LogP contribution in [0.3, 0.4) is 0 Å². The molecule has 1 N–H and O–H groups in total. The van der Waals surface area contributed by atoms with Crippen LogP contribution in [-0.2, 0) is 9.59 Å². The summed E-state index contributed by atoms with van der Waals surface area (Å²) in [5, 5.41) is 2.94. The molecule has 118 valence electrons. The number of carbonyl (C=O) groups is 2. The van der Waals surface area contributed by atoms with Crippen LogP contribution < -0.4 is 10.1 Å². The lowest BCUT2D eigenvalue weighted by atomic mass is 9.95. The molecule has 0 atom stereocenters. The van der Waals surface area contributed by atoms with Crippen molar-refractivity contribution in [3.05, 3.63) is 24.3 Å². The van der Waals surface area contributed by atoms with Crippen LogP contribution in [0, 0.1) is 11.8 Å². The summed E-state index contributed by atoms with van der Waals surface area (Å²) in [5.41, 5.74) is 0.751. The number of benzene rings is 1. The van der Waals surface area contributed by atoms with Crippen molar-refractivity contribution in [3.8, 4) is 5.75 Å². The first-order chi connectivity index (χ1) is 10.7. The molecule has 0 radical (unpaired) electrons. The number of carbonyl (C=O) groups excluding carboxylic acids is 2. The number of amides is 2. The lowest BCUT2D eigenvalue weighted by Gasteiger charge is -2.31. The van der Waals surface area contributed by atoms with E-state index in [0.29, 0.717) is 13.1 Å². The van der Waals surface area contributed by atoms with Gasteiger partial charge in [0.25, 0.3) is 0 Å². The number of likely N-dealkylation sites (tertiary alicyclic amines) is 1. The molecule has 3 rings (SSSR count). The summed E-state index contributed by atoms with van der Waals surface area (Å²) < 4.78 is 5.16. The van der Waals surface area contributed by atoms with Crippen molar-refractivity contribution in [1.29, 1.82) is 0 Å². The SMILES string of the molecule is COc1cccc(NC(=O)C2CCN(C(=O)C3CC3)CC2)c1. The smallest absolute Gasteiger partial charge is 0.227 e. The van der Waals surface area contributed by atoms with Crippen LogP contribution >= 0.6 is 0 Å². The second-order valence-electron chi connectivity index (χ2n) is 6.10. The summed E-state index contributed by atoms with van der Waals surface area (Å²) in [6.45, 7) is 1.40. The molecule has 1 saturated heterocycles. The maximum absolute atomic E-state index is 12.3. The zero-order valence-corrected chi connectivity index (χ0v) is 12.9. The van der Waals surface area contributed by atoms with Crippen molar-refractivity contribution in [2.45, 2.75) is 25.7 Å². The lowest BCUT2D eigenvalue weighted by molar-refractivity contribution is -0.135. The first kappa shape index (κ1) is 14.9. The first-order valence-corrected chi connectivity index (χ1v) is 7.91. The van der Waals surface area contributed by atoms with Gasteiger partial charge in [-0.3, -0.25) is 9.59 Å². The molecule has 1 aliphatic heterocycles. The molecule has 1 aliphatic carbocycles. The minimum atomic E-state index is -0.0190. The minimum absolute atomic E-state index is 0.0190. The van der Waals surface area contributed by atoms with E-state index in [0.717, 1.165) is 37.1 Å². The molecule has 5 heteroatoms. The Hall–Kier alpha value is -2.04. The highest BCUT2D eigenvalue weighted by atomic mass is 16.5. The highest BCUT2D eigenvalue weighted by Crippen LogP contribution is 2.32. The zero-order chi connectivity index (χ0) is 15.5. The van der Waals surface area contributed by atoms with Gasteiger partial charge in [-0.05, 0) is 37.8 Å². The van der Waals surface area contributed by atoms with E-state index in [2.05, 4.69) is 5.32 Å². The van der Waals surface area contributed by atoms with Gasteiger partial charge in [-0.15, -0.1) is 0 Å². The summed E-state index contributed by atoms with van der Waals surface area (Å²) >= 11 is 0. The monoisotopic (exact) mass is 302 g/mol. The van der Waals surface area contributed by atoms with E-state index in [1.807, 2.05) is 29.2 Å². The summed E-state index contributed by atoms with van der Waals surface area (Å²) in [6, 6.07) is 7.36. The largest absolute Gasteiger partial charge is 0.497 e. The number of hydrogen-bond acceptors (Lipinski definition) is 3. The Morgan fingerprint density at radius 3 is 2.50 bits per heavy atom. The number of rotatable bonds is 4. The molecule has 1 heterocycles. The van der Waals surface area contributed by atoms with Gasteiger partial charge in [-0.1, -0.05) is 6.07 Å². The number of methoxy groups -OCH3 is 1. The number of nitrogens with zero attached hydrogens (tertiary/aromatic N) is 1. The summed E-state index contributed by atoms with van der Waals surface area (Å²) in [4.78, 5) is 26.3. The Morgan fingerprint density at radius 2 is 1.86 bits per heavy atom. The Labute approximate surface area is 130 Å². The van der Waals surface area contributed by atoms with Crippen LogP contribution in [0.2, 0.25) is 0 Å². The first-order valence-electron chi connectivity index (χ1n) is 7.91. The predicted octanol–water partition coefficient (Wildman–Crippen LogP) is 2.28. The molecular weight excluding hydrogens is 280 g/mol. The Balaban J connectivity index is 1.52. The fraction of sp³-hybridized carbons (Fsp3) is 0.529. The van der Waals surface area contributed by atoms with Gasteiger partial charge in [0.05, 0.1) is 7.11 Å². The second kappa shape index (κ2) is 6.38. The molecule has 0 aromatic heterocycles. The maximum atomic E-state index is 12.3. The van der Waals surface area contributed by atoms with E-state index in [-0.39, 0.29) is 23.7 Å². The van der Waals surface area contributed by atoms with Gasteiger partial charge < -0.3 is 15.0 Å². The Morgan fingerprint density at radius 1 is 1.14 bits per heavy atom. The molecule has 0 bridgehead atoms. The number of hydrogen-bond donors (Lipinski definition) is 1. The highest BCUT2D eigenvalue weighted by Gasteiger charge is 2.35. The molecular formula is C17H22N2O3. The van der Waals surface area contributed by atoms with Crippen molar-refractivity contribution in [1.82, 2.24) is 4.90 Å². The van der Waals surface area contributed by atoms with Crippen LogP contribution in [0.15, 0.2) is 24.3 Å². The maximum Gasteiger partial charge on any atom is 0.227 e. The second-order valence-corrected chi connectivity index (χ2v) is 6.10. The van der Waals surface area contributed by atoms with E-state index >= 15 is 0 Å². The summed E-state index contributed by atoms with van der Waals surface area (Å²) in [7, 11) is 1.60. The fourth-order valence-electron chi connectivity index (χ4n) is 2.90. The number of piperidine rings is 1. The van der Waals surface area contributed by atoms with Crippen molar-refractivity contribution in [3.63, 3.8) is 0 Å². The Kier molecular flexibility index (Phi) is 4.32. The van der Waals surface area contributed by atoms with E-state index in [1.54, 1.807) is 7.11 Å².